The second-order valence-electron chi connectivity index (χ2n) is 6.45. The molecule has 0 aliphatic carbocycles. The molecule has 138 valence electrons. The Morgan fingerprint density at radius 3 is 2.63 bits per heavy atom. The molecule has 0 atom stereocenters. The molecule has 1 N–H and O–H groups in total. The zero-order valence-corrected chi connectivity index (χ0v) is 16.6. The second-order valence-corrected chi connectivity index (χ2v) is 7.36. The van der Waals surface area contributed by atoms with Crippen molar-refractivity contribution in [1.29, 1.82) is 0 Å². The van der Waals surface area contributed by atoms with E-state index in [0.29, 0.717) is 13.2 Å². The molecule has 0 saturated heterocycles. The molecule has 3 aromatic rings. The monoisotopic (exact) mass is 425 g/mol. The molecule has 0 amide bonds. The van der Waals surface area contributed by atoms with Gasteiger partial charge in [0.05, 0.1) is 0 Å². The minimum Gasteiger partial charge on any atom is -0.489 e. The van der Waals surface area contributed by atoms with Crippen LogP contribution in [0, 0.1) is 6.92 Å². The molecule has 1 aliphatic rings. The van der Waals surface area contributed by atoms with Crippen LogP contribution in [0.4, 0.5) is 5.69 Å². The molecule has 0 fully saturated rings. The van der Waals surface area contributed by atoms with Crippen LogP contribution in [-0.4, -0.2) is 6.79 Å². The van der Waals surface area contributed by atoms with Crippen LogP contribution in [0.15, 0.2) is 65.1 Å². The van der Waals surface area contributed by atoms with E-state index in [1.165, 1.54) is 5.56 Å². The second kappa shape index (κ2) is 7.92. The predicted octanol–water partition coefficient (Wildman–Crippen LogP) is 5.68. The maximum Gasteiger partial charge on any atom is 0.231 e. The Balaban J connectivity index is 1.45. The highest BCUT2D eigenvalue weighted by Crippen LogP contribution is 2.34. The fourth-order valence-corrected chi connectivity index (χ4v) is 3.28. The molecule has 5 heteroatoms. The third kappa shape index (κ3) is 4.37. The topological polar surface area (TPSA) is 39.7 Å². The zero-order valence-electron chi connectivity index (χ0n) is 15.0. The molecule has 0 saturated carbocycles. The number of nitrogens with one attached hydrogen (secondary N) is 1. The highest BCUT2D eigenvalue weighted by Gasteiger charge is 2.13. The summed E-state index contributed by atoms with van der Waals surface area (Å²) in [6.45, 7) is 3.54. The van der Waals surface area contributed by atoms with Crippen molar-refractivity contribution in [3.63, 3.8) is 0 Å². The van der Waals surface area contributed by atoms with Gasteiger partial charge in [0.2, 0.25) is 6.79 Å². The van der Waals surface area contributed by atoms with E-state index in [1.54, 1.807) is 0 Å². The summed E-state index contributed by atoms with van der Waals surface area (Å²) >= 11 is 3.55. The van der Waals surface area contributed by atoms with Crippen molar-refractivity contribution in [1.82, 2.24) is 0 Å². The minimum atomic E-state index is 0.279. The maximum absolute atomic E-state index is 6.07. The van der Waals surface area contributed by atoms with Crippen molar-refractivity contribution in [2.75, 3.05) is 12.1 Å². The standard InChI is InChI=1S/C22H20BrNO3/c1-15-2-4-16(5-3-15)13-25-20-8-6-18(23)10-17(20)12-24-19-7-9-21-22(11-19)27-14-26-21/h2-11,24H,12-14H2,1H3. The fraction of sp³-hybridized carbons (Fsp3) is 0.182. The Morgan fingerprint density at radius 1 is 0.963 bits per heavy atom. The first-order valence-corrected chi connectivity index (χ1v) is 9.57. The van der Waals surface area contributed by atoms with E-state index in [1.807, 2.05) is 30.3 Å². The first kappa shape index (κ1) is 17.7. The summed E-state index contributed by atoms with van der Waals surface area (Å²) in [7, 11) is 0. The molecule has 4 nitrogen and oxygen atoms in total. The van der Waals surface area contributed by atoms with Gasteiger partial charge in [-0.2, -0.15) is 0 Å². The predicted molar refractivity (Wildman–Crippen MR) is 110 cm³/mol. The van der Waals surface area contributed by atoms with E-state index < -0.39 is 0 Å². The summed E-state index contributed by atoms with van der Waals surface area (Å²) in [5.41, 5.74) is 4.45. The average Bonchev–Trinajstić information content (AvgIpc) is 3.15. The Kier molecular flexibility index (Phi) is 5.21. The van der Waals surface area contributed by atoms with Gasteiger partial charge >= 0.3 is 0 Å². The van der Waals surface area contributed by atoms with Crippen LogP contribution in [0.3, 0.4) is 0 Å². The highest BCUT2D eigenvalue weighted by molar-refractivity contribution is 9.10. The number of halogens is 1. The van der Waals surface area contributed by atoms with E-state index in [2.05, 4.69) is 58.5 Å². The summed E-state index contributed by atoms with van der Waals surface area (Å²) in [4.78, 5) is 0. The van der Waals surface area contributed by atoms with E-state index in [-0.39, 0.29) is 6.79 Å². The van der Waals surface area contributed by atoms with Gasteiger partial charge in [-0.25, -0.2) is 0 Å². The maximum atomic E-state index is 6.07. The van der Waals surface area contributed by atoms with E-state index in [0.717, 1.165) is 38.5 Å². The summed E-state index contributed by atoms with van der Waals surface area (Å²) in [6, 6.07) is 20.3. The number of hydrogen-bond acceptors (Lipinski definition) is 4. The molecule has 0 bridgehead atoms. The first-order valence-electron chi connectivity index (χ1n) is 8.78. The molecular weight excluding hydrogens is 406 g/mol. The summed E-state index contributed by atoms with van der Waals surface area (Å²) in [5.74, 6) is 2.42. The van der Waals surface area contributed by atoms with Crippen molar-refractivity contribution in [2.24, 2.45) is 0 Å². The van der Waals surface area contributed by atoms with Gasteiger partial charge in [-0.3, -0.25) is 0 Å². The van der Waals surface area contributed by atoms with Crippen molar-refractivity contribution in [3.05, 3.63) is 81.8 Å². The van der Waals surface area contributed by atoms with E-state index in [4.69, 9.17) is 14.2 Å². The Morgan fingerprint density at radius 2 is 1.78 bits per heavy atom. The lowest BCUT2D eigenvalue weighted by molar-refractivity contribution is 0.174. The van der Waals surface area contributed by atoms with Gasteiger partial charge in [0.15, 0.2) is 11.5 Å². The number of ether oxygens (including phenoxy) is 3. The van der Waals surface area contributed by atoms with Crippen LogP contribution in [-0.2, 0) is 13.2 Å². The van der Waals surface area contributed by atoms with Crippen molar-refractivity contribution < 1.29 is 14.2 Å². The molecule has 0 unspecified atom stereocenters. The zero-order chi connectivity index (χ0) is 18.6. The average molecular weight is 426 g/mol. The smallest absolute Gasteiger partial charge is 0.231 e. The number of fused-ring (bicyclic) bond motifs is 1. The quantitative estimate of drug-likeness (QED) is 0.551. The van der Waals surface area contributed by atoms with Crippen LogP contribution in [0.1, 0.15) is 16.7 Å². The molecule has 4 rings (SSSR count). The number of aryl methyl sites for hydroxylation is 1. The Bertz CT molecular complexity index is 941. The number of benzene rings is 3. The Labute approximate surface area is 167 Å². The molecular formula is C22H20BrNO3. The van der Waals surface area contributed by atoms with E-state index >= 15 is 0 Å². The normalized spacial score (nSPS) is 12.1. The first-order chi connectivity index (χ1) is 13.2. The molecule has 0 spiro atoms. The molecule has 1 aliphatic heterocycles. The number of hydrogen-bond donors (Lipinski definition) is 1. The SMILES string of the molecule is Cc1ccc(COc2ccc(Br)cc2CNc2ccc3c(c2)OCO3)cc1. The van der Waals surface area contributed by atoms with Gasteiger partial charge < -0.3 is 19.5 Å². The highest BCUT2D eigenvalue weighted by atomic mass is 79.9. The fourth-order valence-electron chi connectivity index (χ4n) is 2.88. The van der Waals surface area contributed by atoms with Crippen LogP contribution in [0.2, 0.25) is 0 Å². The number of rotatable bonds is 6. The van der Waals surface area contributed by atoms with Crippen LogP contribution in [0.25, 0.3) is 0 Å². The lowest BCUT2D eigenvalue weighted by atomic mass is 10.1. The van der Waals surface area contributed by atoms with E-state index in [9.17, 15) is 0 Å². The van der Waals surface area contributed by atoms with Crippen molar-refractivity contribution in [2.45, 2.75) is 20.1 Å². The van der Waals surface area contributed by atoms with Crippen molar-refractivity contribution >= 4 is 21.6 Å². The largest absolute Gasteiger partial charge is 0.489 e. The third-order valence-electron chi connectivity index (χ3n) is 4.39. The lowest BCUT2D eigenvalue weighted by Crippen LogP contribution is -2.04. The molecule has 3 aromatic carbocycles. The molecule has 1 heterocycles. The molecule has 27 heavy (non-hydrogen) atoms. The molecule has 0 radical (unpaired) electrons. The third-order valence-corrected chi connectivity index (χ3v) is 4.89. The summed E-state index contributed by atoms with van der Waals surface area (Å²) < 4.78 is 17.9. The van der Waals surface area contributed by atoms with Gasteiger partial charge in [-0.15, -0.1) is 0 Å². The van der Waals surface area contributed by atoms with Gasteiger partial charge in [-0.05, 0) is 42.8 Å². The molecule has 0 aromatic heterocycles. The van der Waals surface area contributed by atoms with Gasteiger partial charge in [0, 0.05) is 28.3 Å². The van der Waals surface area contributed by atoms with Gasteiger partial charge in [0.25, 0.3) is 0 Å². The summed E-state index contributed by atoms with van der Waals surface area (Å²) in [6.07, 6.45) is 0. The number of anilines is 1. The Hall–Kier alpha value is -2.66. The minimum absolute atomic E-state index is 0.279. The van der Waals surface area contributed by atoms with Crippen molar-refractivity contribution in [3.8, 4) is 17.2 Å². The summed E-state index contributed by atoms with van der Waals surface area (Å²) in [5, 5.41) is 3.43. The van der Waals surface area contributed by atoms with Crippen LogP contribution in [0.5, 0.6) is 17.2 Å². The van der Waals surface area contributed by atoms with Crippen LogP contribution < -0.4 is 19.5 Å². The van der Waals surface area contributed by atoms with Crippen LogP contribution >= 0.6 is 15.9 Å². The lowest BCUT2D eigenvalue weighted by Gasteiger charge is -2.14. The van der Waals surface area contributed by atoms with Gasteiger partial charge in [0.1, 0.15) is 12.4 Å². The van der Waals surface area contributed by atoms with Gasteiger partial charge in [-0.1, -0.05) is 45.8 Å².